The van der Waals surface area contributed by atoms with E-state index < -0.39 is 0 Å². The van der Waals surface area contributed by atoms with Gasteiger partial charge in [0.2, 0.25) is 0 Å². The van der Waals surface area contributed by atoms with Gasteiger partial charge in [-0.25, -0.2) is 10.8 Å². The van der Waals surface area contributed by atoms with Crippen molar-refractivity contribution in [3.05, 3.63) is 18.1 Å². The summed E-state index contributed by atoms with van der Waals surface area (Å²) in [6.07, 6.45) is 6.01. The predicted molar refractivity (Wildman–Crippen MR) is 71.8 cm³/mol. The highest BCUT2D eigenvalue weighted by Gasteiger charge is 2.25. The van der Waals surface area contributed by atoms with E-state index in [9.17, 15) is 0 Å². The molecule has 1 aromatic rings. The maximum atomic E-state index is 5.27. The Morgan fingerprint density at radius 3 is 2.89 bits per heavy atom. The van der Waals surface area contributed by atoms with Crippen LogP contribution in [0.4, 0.5) is 5.82 Å². The summed E-state index contributed by atoms with van der Waals surface area (Å²) in [4.78, 5) is 13.3. The number of anilines is 1. The number of hydrogen-bond acceptors (Lipinski definition) is 6. The lowest BCUT2D eigenvalue weighted by molar-refractivity contribution is 0.199. The highest BCUT2D eigenvalue weighted by molar-refractivity contribution is 5.28. The van der Waals surface area contributed by atoms with Gasteiger partial charge in [0.1, 0.15) is 0 Å². The summed E-state index contributed by atoms with van der Waals surface area (Å²) >= 11 is 0. The highest BCUT2D eigenvalue weighted by atomic mass is 15.3. The molecule has 1 aromatic heterocycles. The molecule has 0 amide bonds. The molecule has 1 atom stereocenters. The van der Waals surface area contributed by atoms with Gasteiger partial charge in [0, 0.05) is 19.1 Å². The summed E-state index contributed by atoms with van der Waals surface area (Å²) in [6.45, 7) is 3.13. The van der Waals surface area contributed by atoms with Crippen LogP contribution in [0.5, 0.6) is 0 Å². The third-order valence-corrected chi connectivity index (χ3v) is 3.29. The molecule has 1 unspecified atom stereocenters. The topological polar surface area (TPSA) is 70.3 Å². The summed E-state index contributed by atoms with van der Waals surface area (Å²) in [6, 6.07) is 0.633. The minimum Gasteiger partial charge on any atom is -0.308 e. The number of nitrogens with zero attached hydrogens (tertiary/aromatic N) is 4. The number of likely N-dealkylation sites (N-methyl/N-ethyl adjacent to an activating group) is 1. The van der Waals surface area contributed by atoms with Crippen LogP contribution in [-0.2, 0) is 6.54 Å². The van der Waals surface area contributed by atoms with Crippen molar-refractivity contribution >= 4 is 5.82 Å². The van der Waals surface area contributed by atoms with Crippen LogP contribution in [0, 0.1) is 0 Å². The van der Waals surface area contributed by atoms with E-state index in [2.05, 4.69) is 39.3 Å². The molecule has 6 nitrogen and oxygen atoms in total. The number of likely N-dealkylation sites (tertiary alicyclic amines) is 1. The van der Waals surface area contributed by atoms with E-state index in [-0.39, 0.29) is 0 Å². The molecule has 6 heteroatoms. The van der Waals surface area contributed by atoms with Crippen molar-refractivity contribution in [2.45, 2.75) is 25.4 Å². The Morgan fingerprint density at radius 2 is 2.28 bits per heavy atom. The third-order valence-electron chi connectivity index (χ3n) is 3.29. The molecule has 0 radical (unpaired) electrons. The van der Waals surface area contributed by atoms with E-state index >= 15 is 0 Å². The molecule has 1 fully saturated rings. The van der Waals surface area contributed by atoms with Crippen LogP contribution in [0.15, 0.2) is 12.4 Å². The number of hydrogen-bond donors (Lipinski definition) is 2. The number of nitrogens with two attached hydrogens (primary N) is 1. The Hall–Kier alpha value is -1.24. The van der Waals surface area contributed by atoms with Gasteiger partial charge in [-0.15, -0.1) is 0 Å². The number of nitrogen functional groups attached to an aromatic ring is 1. The zero-order valence-corrected chi connectivity index (χ0v) is 11.1. The van der Waals surface area contributed by atoms with E-state index in [0.29, 0.717) is 11.9 Å². The second-order valence-electron chi connectivity index (χ2n) is 5.07. The summed E-state index contributed by atoms with van der Waals surface area (Å²) in [7, 11) is 4.25. The van der Waals surface area contributed by atoms with Crippen molar-refractivity contribution in [2.75, 3.05) is 32.6 Å². The van der Waals surface area contributed by atoms with E-state index in [1.54, 1.807) is 12.4 Å². The lowest BCUT2D eigenvalue weighted by Crippen LogP contribution is -2.37. The van der Waals surface area contributed by atoms with Crippen molar-refractivity contribution in [3.63, 3.8) is 0 Å². The molecule has 3 N–H and O–H groups in total. The van der Waals surface area contributed by atoms with Crippen LogP contribution in [0.25, 0.3) is 0 Å². The Labute approximate surface area is 108 Å². The SMILES string of the molecule is CN(C)CC1CCCN1Cc1cnc(NN)cn1. The smallest absolute Gasteiger partial charge is 0.158 e. The average Bonchev–Trinajstić information content (AvgIpc) is 2.77. The Balaban J connectivity index is 1.94. The van der Waals surface area contributed by atoms with Gasteiger partial charge in [-0.1, -0.05) is 0 Å². The summed E-state index contributed by atoms with van der Waals surface area (Å²) in [5.41, 5.74) is 3.49. The normalized spacial score (nSPS) is 20.6. The van der Waals surface area contributed by atoms with Gasteiger partial charge in [0.05, 0.1) is 18.1 Å². The molecule has 2 heterocycles. The molecule has 18 heavy (non-hydrogen) atoms. The molecular formula is C12H22N6. The fourth-order valence-electron chi connectivity index (χ4n) is 2.45. The van der Waals surface area contributed by atoms with Gasteiger partial charge in [-0.3, -0.25) is 9.88 Å². The van der Waals surface area contributed by atoms with Gasteiger partial charge in [-0.2, -0.15) is 0 Å². The van der Waals surface area contributed by atoms with Crippen molar-refractivity contribution in [1.29, 1.82) is 0 Å². The fraction of sp³-hybridized carbons (Fsp3) is 0.667. The first-order valence-electron chi connectivity index (χ1n) is 6.35. The molecule has 0 bridgehead atoms. The molecule has 1 aliphatic heterocycles. The maximum absolute atomic E-state index is 5.27. The van der Waals surface area contributed by atoms with Crippen LogP contribution in [0.3, 0.4) is 0 Å². The molecule has 100 valence electrons. The standard InChI is InChI=1S/C12H22N6/c1-17(2)9-11-4-3-5-18(11)8-10-6-15-12(16-13)7-14-10/h6-7,11H,3-5,8-9,13H2,1-2H3,(H,15,16). The molecule has 0 spiro atoms. The third kappa shape index (κ3) is 3.38. The van der Waals surface area contributed by atoms with E-state index in [1.807, 2.05) is 0 Å². The Kier molecular flexibility index (Phi) is 4.46. The van der Waals surface area contributed by atoms with Gasteiger partial charge < -0.3 is 10.3 Å². The highest BCUT2D eigenvalue weighted by Crippen LogP contribution is 2.19. The molecule has 1 saturated heterocycles. The van der Waals surface area contributed by atoms with Crippen LogP contribution in [-0.4, -0.2) is 53.0 Å². The first-order valence-corrected chi connectivity index (χ1v) is 6.35. The van der Waals surface area contributed by atoms with Crippen molar-refractivity contribution < 1.29 is 0 Å². The minimum absolute atomic E-state index is 0.602. The van der Waals surface area contributed by atoms with E-state index in [0.717, 1.165) is 25.3 Å². The second kappa shape index (κ2) is 6.08. The van der Waals surface area contributed by atoms with Gasteiger partial charge in [0.15, 0.2) is 5.82 Å². The lowest BCUT2D eigenvalue weighted by Gasteiger charge is -2.26. The van der Waals surface area contributed by atoms with Crippen molar-refractivity contribution in [3.8, 4) is 0 Å². The average molecular weight is 250 g/mol. The number of hydrazine groups is 1. The summed E-state index contributed by atoms with van der Waals surface area (Å²) in [5, 5.41) is 0. The molecule has 2 rings (SSSR count). The molecule has 1 aliphatic rings. The number of nitrogens with one attached hydrogen (secondary N) is 1. The van der Waals surface area contributed by atoms with Crippen LogP contribution >= 0.6 is 0 Å². The van der Waals surface area contributed by atoms with E-state index in [1.165, 1.54) is 12.8 Å². The zero-order valence-electron chi connectivity index (χ0n) is 11.1. The van der Waals surface area contributed by atoms with Crippen LogP contribution < -0.4 is 11.3 Å². The quantitative estimate of drug-likeness (QED) is 0.578. The summed E-state index contributed by atoms with van der Waals surface area (Å²) in [5.74, 6) is 5.87. The molecular weight excluding hydrogens is 228 g/mol. The predicted octanol–water partition coefficient (Wildman–Crippen LogP) is 0.288. The largest absolute Gasteiger partial charge is 0.308 e. The van der Waals surface area contributed by atoms with Gasteiger partial charge >= 0.3 is 0 Å². The lowest BCUT2D eigenvalue weighted by atomic mass is 10.2. The van der Waals surface area contributed by atoms with Crippen LogP contribution in [0.1, 0.15) is 18.5 Å². The first kappa shape index (κ1) is 13.2. The zero-order chi connectivity index (χ0) is 13.0. The monoisotopic (exact) mass is 250 g/mol. The first-order chi connectivity index (χ1) is 8.69. The van der Waals surface area contributed by atoms with Gasteiger partial charge in [0.25, 0.3) is 0 Å². The molecule has 0 saturated carbocycles. The number of aromatic nitrogens is 2. The van der Waals surface area contributed by atoms with Crippen LogP contribution in [0.2, 0.25) is 0 Å². The Bertz CT molecular complexity index is 363. The van der Waals surface area contributed by atoms with Crippen molar-refractivity contribution in [1.82, 2.24) is 19.8 Å². The summed E-state index contributed by atoms with van der Waals surface area (Å²) < 4.78 is 0. The number of rotatable bonds is 5. The van der Waals surface area contributed by atoms with Crippen molar-refractivity contribution in [2.24, 2.45) is 5.84 Å². The molecule has 0 aromatic carbocycles. The maximum Gasteiger partial charge on any atom is 0.158 e. The van der Waals surface area contributed by atoms with Gasteiger partial charge in [-0.05, 0) is 33.5 Å². The fourth-order valence-corrected chi connectivity index (χ4v) is 2.45. The van der Waals surface area contributed by atoms with E-state index in [4.69, 9.17) is 5.84 Å². The Morgan fingerprint density at radius 1 is 1.44 bits per heavy atom. The second-order valence-corrected chi connectivity index (χ2v) is 5.07. The minimum atomic E-state index is 0.602. The molecule has 0 aliphatic carbocycles.